The van der Waals surface area contributed by atoms with Crippen molar-refractivity contribution in [1.29, 1.82) is 0 Å². The van der Waals surface area contributed by atoms with Gasteiger partial charge in [0.05, 0.1) is 9.35 Å². The van der Waals surface area contributed by atoms with Gasteiger partial charge in [0.15, 0.2) is 0 Å². The van der Waals surface area contributed by atoms with E-state index in [4.69, 9.17) is 0 Å². The molecule has 100 valence electrons. The predicted molar refractivity (Wildman–Crippen MR) is 88.3 cm³/mol. The Balaban J connectivity index is 2.33. The average Bonchev–Trinajstić information content (AvgIpc) is 2.68. The molecule has 1 aromatic heterocycles. The van der Waals surface area contributed by atoms with Gasteiger partial charge in [0.1, 0.15) is 0 Å². The third-order valence-corrected chi connectivity index (χ3v) is 6.43. The number of ketones is 1. The van der Waals surface area contributed by atoms with Crippen LogP contribution in [0, 0.1) is 0 Å². The summed E-state index contributed by atoms with van der Waals surface area (Å²) < 4.78 is 1.76. The van der Waals surface area contributed by atoms with Crippen LogP contribution in [-0.4, -0.2) is 5.78 Å². The summed E-state index contributed by atoms with van der Waals surface area (Å²) in [4.78, 5) is 13.1. The van der Waals surface area contributed by atoms with Crippen molar-refractivity contribution in [3.05, 3.63) is 54.6 Å². The molecule has 0 aliphatic rings. The van der Waals surface area contributed by atoms with Gasteiger partial charge in [-0.05, 0) is 42.8 Å². The number of benzene rings is 1. The lowest BCUT2D eigenvalue weighted by Gasteiger charge is -2.18. The van der Waals surface area contributed by atoms with Gasteiger partial charge in [0, 0.05) is 15.4 Å². The van der Waals surface area contributed by atoms with Gasteiger partial charge in [-0.25, -0.2) is 0 Å². The summed E-state index contributed by atoms with van der Waals surface area (Å²) >= 11 is 8.29. The van der Waals surface area contributed by atoms with Crippen molar-refractivity contribution >= 4 is 49.0 Å². The first kappa shape index (κ1) is 14.9. The molecule has 2 rings (SSSR count). The van der Waals surface area contributed by atoms with Crippen LogP contribution < -0.4 is 0 Å². The Morgan fingerprint density at radius 3 is 2.11 bits per heavy atom. The van der Waals surface area contributed by atoms with E-state index in [1.807, 2.05) is 29.6 Å². The van der Waals surface area contributed by atoms with E-state index < -0.39 is 0 Å². The van der Waals surface area contributed by atoms with Crippen LogP contribution in [0.3, 0.4) is 0 Å². The number of hydrogen-bond acceptors (Lipinski definition) is 2. The number of rotatable bonds is 2. The minimum atomic E-state index is 0.0584. The molecule has 0 saturated heterocycles. The third-order valence-electron chi connectivity index (χ3n) is 2.91. The molecule has 0 aliphatic carbocycles. The lowest BCUT2D eigenvalue weighted by molar-refractivity contribution is 0.104. The molecule has 19 heavy (non-hydrogen) atoms. The van der Waals surface area contributed by atoms with Crippen molar-refractivity contribution < 1.29 is 4.79 Å². The Morgan fingerprint density at radius 1 is 1.11 bits per heavy atom. The molecule has 1 heterocycles. The Hall–Kier alpha value is -0.450. The van der Waals surface area contributed by atoms with Crippen molar-refractivity contribution in [2.24, 2.45) is 0 Å². The maximum absolute atomic E-state index is 12.4. The molecule has 0 fully saturated rings. The van der Waals surface area contributed by atoms with E-state index in [2.05, 4.69) is 52.6 Å². The summed E-state index contributed by atoms with van der Waals surface area (Å²) in [6.07, 6.45) is 0. The molecule has 2 aromatic rings. The van der Waals surface area contributed by atoms with Gasteiger partial charge in [-0.1, -0.05) is 45.0 Å². The van der Waals surface area contributed by atoms with Gasteiger partial charge >= 0.3 is 0 Å². The van der Waals surface area contributed by atoms with Gasteiger partial charge in [0.25, 0.3) is 0 Å². The van der Waals surface area contributed by atoms with Crippen LogP contribution in [0.4, 0.5) is 0 Å². The van der Waals surface area contributed by atoms with E-state index in [-0.39, 0.29) is 11.2 Å². The standard InChI is InChI=1S/C15H14Br2OS/c1-15(2,3)10-6-4-9(5-7-10)13(18)14-12(17)11(16)8-19-14/h4-8H,1-3H3. The smallest absolute Gasteiger partial charge is 0.204 e. The molecule has 1 aromatic carbocycles. The Labute approximate surface area is 134 Å². The molecule has 0 unspecified atom stereocenters. The van der Waals surface area contributed by atoms with Crippen molar-refractivity contribution in [3.63, 3.8) is 0 Å². The van der Waals surface area contributed by atoms with Gasteiger partial charge < -0.3 is 0 Å². The number of carbonyl (C=O) groups is 1. The highest BCUT2D eigenvalue weighted by atomic mass is 79.9. The summed E-state index contributed by atoms with van der Waals surface area (Å²) in [5, 5.41) is 1.92. The third kappa shape index (κ3) is 3.18. The SMILES string of the molecule is CC(C)(C)c1ccc(C(=O)c2scc(Br)c2Br)cc1. The Morgan fingerprint density at radius 2 is 1.68 bits per heavy atom. The normalized spacial score (nSPS) is 11.6. The summed E-state index contributed by atoms with van der Waals surface area (Å²) in [5.74, 6) is 0.0584. The second-order valence-electron chi connectivity index (χ2n) is 5.38. The van der Waals surface area contributed by atoms with Crippen molar-refractivity contribution in [2.75, 3.05) is 0 Å². The molecule has 0 N–H and O–H groups in total. The van der Waals surface area contributed by atoms with Crippen molar-refractivity contribution in [2.45, 2.75) is 26.2 Å². The molecule has 0 bridgehead atoms. The van der Waals surface area contributed by atoms with Crippen LogP contribution in [0.1, 0.15) is 41.6 Å². The first-order valence-electron chi connectivity index (χ1n) is 5.88. The average molecular weight is 402 g/mol. The van der Waals surface area contributed by atoms with E-state index in [9.17, 15) is 4.79 Å². The van der Waals surface area contributed by atoms with E-state index in [1.54, 1.807) is 0 Å². The Bertz CT molecular complexity index is 606. The van der Waals surface area contributed by atoms with Crippen LogP contribution in [-0.2, 0) is 5.41 Å². The fourth-order valence-corrected chi connectivity index (χ4v) is 3.84. The molecule has 0 radical (unpaired) electrons. The largest absolute Gasteiger partial charge is 0.288 e. The molecule has 0 atom stereocenters. The van der Waals surface area contributed by atoms with Gasteiger partial charge in [-0.2, -0.15) is 0 Å². The van der Waals surface area contributed by atoms with Crippen LogP contribution in [0.2, 0.25) is 0 Å². The highest BCUT2D eigenvalue weighted by molar-refractivity contribution is 9.13. The van der Waals surface area contributed by atoms with Gasteiger partial charge in [0.2, 0.25) is 5.78 Å². The number of halogens is 2. The summed E-state index contributed by atoms with van der Waals surface area (Å²) in [5.41, 5.74) is 2.06. The van der Waals surface area contributed by atoms with E-state index in [1.165, 1.54) is 16.9 Å². The van der Waals surface area contributed by atoms with Crippen molar-refractivity contribution in [1.82, 2.24) is 0 Å². The van der Waals surface area contributed by atoms with Crippen LogP contribution in [0.5, 0.6) is 0 Å². The fraction of sp³-hybridized carbons (Fsp3) is 0.267. The lowest BCUT2D eigenvalue weighted by Crippen LogP contribution is -2.11. The molecule has 0 aliphatic heterocycles. The highest BCUT2D eigenvalue weighted by Gasteiger charge is 2.18. The van der Waals surface area contributed by atoms with Crippen molar-refractivity contribution in [3.8, 4) is 0 Å². The van der Waals surface area contributed by atoms with Crippen LogP contribution in [0.15, 0.2) is 38.6 Å². The second-order valence-corrected chi connectivity index (χ2v) is 7.91. The molecule has 1 nitrogen and oxygen atoms in total. The predicted octanol–water partition coefficient (Wildman–Crippen LogP) is 5.80. The summed E-state index contributed by atoms with van der Waals surface area (Å²) in [6, 6.07) is 7.87. The molecular weight excluding hydrogens is 388 g/mol. The molecule has 0 amide bonds. The molecule has 4 heteroatoms. The maximum Gasteiger partial charge on any atom is 0.204 e. The topological polar surface area (TPSA) is 17.1 Å². The number of hydrogen-bond donors (Lipinski definition) is 0. The Kier molecular flexibility index (Phi) is 4.33. The van der Waals surface area contributed by atoms with Gasteiger partial charge in [-0.15, -0.1) is 11.3 Å². The molecule has 0 spiro atoms. The highest BCUT2D eigenvalue weighted by Crippen LogP contribution is 2.34. The van der Waals surface area contributed by atoms with E-state index in [0.29, 0.717) is 0 Å². The fourth-order valence-electron chi connectivity index (χ4n) is 1.73. The van der Waals surface area contributed by atoms with Crippen LogP contribution in [0.25, 0.3) is 0 Å². The summed E-state index contributed by atoms with van der Waals surface area (Å²) in [7, 11) is 0. The van der Waals surface area contributed by atoms with E-state index in [0.717, 1.165) is 19.4 Å². The number of thiophene rings is 1. The summed E-state index contributed by atoms with van der Waals surface area (Å²) in [6.45, 7) is 6.49. The zero-order valence-corrected chi connectivity index (χ0v) is 14.9. The number of carbonyl (C=O) groups excluding carboxylic acids is 1. The second kappa shape index (κ2) is 5.51. The molecular formula is C15H14Br2OS. The maximum atomic E-state index is 12.4. The zero-order chi connectivity index (χ0) is 14.2. The zero-order valence-electron chi connectivity index (χ0n) is 11.0. The lowest BCUT2D eigenvalue weighted by atomic mass is 9.86. The quantitative estimate of drug-likeness (QED) is 0.581. The van der Waals surface area contributed by atoms with E-state index >= 15 is 0 Å². The molecule has 0 saturated carbocycles. The minimum absolute atomic E-state index is 0.0584. The van der Waals surface area contributed by atoms with Gasteiger partial charge in [-0.3, -0.25) is 4.79 Å². The monoisotopic (exact) mass is 400 g/mol. The van der Waals surface area contributed by atoms with Crippen LogP contribution >= 0.6 is 43.2 Å². The first-order valence-corrected chi connectivity index (χ1v) is 8.35. The minimum Gasteiger partial charge on any atom is -0.288 e. The first-order chi connectivity index (χ1) is 8.80.